The molecule has 0 bridgehead atoms. The van der Waals surface area contributed by atoms with Crippen molar-refractivity contribution in [1.82, 2.24) is 0 Å². The van der Waals surface area contributed by atoms with Crippen LogP contribution >= 0.6 is 18.2 Å². The van der Waals surface area contributed by atoms with Crippen LogP contribution in [0.25, 0.3) is 0 Å². The van der Waals surface area contributed by atoms with Crippen molar-refractivity contribution in [2.75, 3.05) is 6.61 Å². The Bertz CT molecular complexity index is 761. The maximum Gasteiger partial charge on any atom is 0.416 e. The molecule has 0 radical (unpaired) electrons. The van der Waals surface area contributed by atoms with Gasteiger partial charge in [-0.05, 0) is 18.2 Å². The molecule has 7 atom stereocenters. The van der Waals surface area contributed by atoms with Gasteiger partial charge in [0.05, 0.1) is 18.1 Å². The van der Waals surface area contributed by atoms with Gasteiger partial charge in [0.15, 0.2) is 0 Å². The summed E-state index contributed by atoms with van der Waals surface area (Å²) in [5, 5.41) is 10.2. The van der Waals surface area contributed by atoms with E-state index in [0.29, 0.717) is 12.8 Å². The number of alkyl halides is 3. The molecular formula is C18H22BF3O5P2. The van der Waals surface area contributed by atoms with Crippen molar-refractivity contribution in [2.24, 2.45) is 11.8 Å². The van der Waals surface area contributed by atoms with Gasteiger partial charge in [-0.3, -0.25) is 4.79 Å². The van der Waals surface area contributed by atoms with Crippen LogP contribution in [0.5, 0.6) is 5.75 Å². The minimum absolute atomic E-state index is 0.0194. The number of benzene rings is 1. The number of rotatable bonds is 7. The maximum absolute atomic E-state index is 12.8. The lowest BCUT2D eigenvalue weighted by molar-refractivity contribution is -0.142. The van der Waals surface area contributed by atoms with E-state index in [9.17, 15) is 23.1 Å². The second-order valence-electron chi connectivity index (χ2n) is 7.14. The summed E-state index contributed by atoms with van der Waals surface area (Å²) in [6.45, 7) is -0.199. The Labute approximate surface area is 171 Å². The molecular weight excluding hydrogens is 426 g/mol. The van der Waals surface area contributed by atoms with E-state index < -0.39 is 17.8 Å². The molecule has 1 aliphatic carbocycles. The molecule has 3 rings (SSSR count). The average Bonchev–Trinajstić information content (AvgIpc) is 3.13. The number of hydrogen-bond acceptors (Lipinski definition) is 5. The van der Waals surface area contributed by atoms with E-state index in [4.69, 9.17) is 14.1 Å². The molecule has 1 saturated carbocycles. The smallest absolute Gasteiger partial charge is 0.416 e. The van der Waals surface area contributed by atoms with Gasteiger partial charge in [0.25, 0.3) is 0 Å². The molecule has 5 nitrogen and oxygen atoms in total. The first-order chi connectivity index (χ1) is 13.6. The van der Waals surface area contributed by atoms with E-state index in [2.05, 4.69) is 18.2 Å². The van der Waals surface area contributed by atoms with Crippen molar-refractivity contribution in [3.8, 4) is 5.75 Å². The van der Waals surface area contributed by atoms with Gasteiger partial charge in [-0.2, -0.15) is 13.2 Å². The van der Waals surface area contributed by atoms with Gasteiger partial charge in [0, 0.05) is 18.3 Å². The lowest BCUT2D eigenvalue weighted by Gasteiger charge is -2.22. The first-order valence-corrected chi connectivity index (χ1v) is 10.5. The first kappa shape index (κ1) is 22.5. The average molecular weight is 448 g/mol. The van der Waals surface area contributed by atoms with Gasteiger partial charge in [0.2, 0.25) is 0 Å². The highest BCUT2D eigenvalue weighted by Gasteiger charge is 2.49. The number of fused-ring (bicyclic) bond motifs is 1. The number of ether oxygens (including phenoxy) is 2. The van der Waals surface area contributed by atoms with Crippen LogP contribution in [0.15, 0.2) is 36.4 Å². The van der Waals surface area contributed by atoms with Crippen LogP contribution < -0.4 is 4.74 Å². The third kappa shape index (κ3) is 5.94. The molecule has 0 spiro atoms. The van der Waals surface area contributed by atoms with Crippen LogP contribution in [-0.2, 0) is 20.4 Å². The number of aliphatic hydroxyl groups is 1. The number of carbonyl (C=O) groups is 1. The molecule has 29 heavy (non-hydrogen) atoms. The Hall–Kier alpha value is -1.14. The van der Waals surface area contributed by atoms with Crippen LogP contribution in [-0.4, -0.2) is 42.3 Å². The summed E-state index contributed by atoms with van der Waals surface area (Å²) in [6, 6.07) is 4.49. The molecule has 0 aromatic heterocycles. The van der Waals surface area contributed by atoms with E-state index in [1.54, 1.807) is 6.08 Å². The maximum atomic E-state index is 12.8. The van der Waals surface area contributed by atoms with Gasteiger partial charge in [0.1, 0.15) is 24.6 Å². The number of aliphatic hydroxyl groups excluding tert-OH is 1. The topological polar surface area (TPSA) is 65.0 Å². The van der Waals surface area contributed by atoms with Crippen molar-refractivity contribution in [2.45, 2.75) is 37.3 Å². The van der Waals surface area contributed by atoms with Gasteiger partial charge < -0.3 is 19.2 Å². The van der Waals surface area contributed by atoms with Crippen LogP contribution in [0.1, 0.15) is 18.4 Å². The Morgan fingerprint density at radius 3 is 2.83 bits per heavy atom. The third-order valence-corrected chi connectivity index (χ3v) is 5.33. The monoisotopic (exact) mass is 448 g/mol. The zero-order valence-corrected chi connectivity index (χ0v) is 17.7. The molecule has 1 saturated heterocycles. The fourth-order valence-corrected chi connectivity index (χ4v) is 4.17. The van der Waals surface area contributed by atoms with Crippen molar-refractivity contribution in [3.63, 3.8) is 0 Å². The molecule has 1 aromatic rings. The first-order valence-electron chi connectivity index (χ1n) is 9.16. The molecule has 2 unspecified atom stereocenters. The number of esters is 1. The second kappa shape index (κ2) is 9.34. The largest absolute Gasteiger partial charge is 0.491 e. The molecule has 1 aliphatic heterocycles. The molecule has 1 heterocycles. The van der Waals surface area contributed by atoms with E-state index in [-0.39, 0.29) is 48.7 Å². The van der Waals surface area contributed by atoms with Crippen molar-refractivity contribution in [1.29, 1.82) is 0 Å². The van der Waals surface area contributed by atoms with Crippen molar-refractivity contribution >= 4 is 30.6 Å². The van der Waals surface area contributed by atoms with E-state index >= 15 is 0 Å². The van der Waals surface area contributed by atoms with Crippen LogP contribution in [0.3, 0.4) is 0 Å². The highest BCUT2D eigenvalue weighted by molar-refractivity contribution is 7.92. The molecule has 1 aromatic carbocycles. The highest BCUT2D eigenvalue weighted by Crippen LogP contribution is 2.44. The quantitative estimate of drug-likeness (QED) is 0.301. The molecule has 158 valence electrons. The fraction of sp³-hybridized carbons (Fsp3) is 0.500. The third-order valence-electron chi connectivity index (χ3n) is 5.02. The van der Waals surface area contributed by atoms with Gasteiger partial charge in [-0.25, -0.2) is 0 Å². The molecule has 2 aliphatic rings. The van der Waals surface area contributed by atoms with Crippen molar-refractivity contribution < 1.29 is 37.2 Å². The summed E-state index contributed by atoms with van der Waals surface area (Å²) < 4.78 is 54.8. The van der Waals surface area contributed by atoms with Crippen LogP contribution in [0.2, 0.25) is 0 Å². The number of halogens is 3. The van der Waals surface area contributed by atoms with Gasteiger partial charge in [-0.1, -0.05) is 18.2 Å². The molecule has 0 amide bonds. The predicted molar refractivity (Wildman–Crippen MR) is 108 cm³/mol. The number of carbonyl (C=O) groups excluding carboxylic acids is 1. The second-order valence-corrected chi connectivity index (χ2v) is 9.22. The number of hydrogen-bond donors (Lipinski definition) is 1. The summed E-state index contributed by atoms with van der Waals surface area (Å²) in [4.78, 5) is 11.6. The van der Waals surface area contributed by atoms with Crippen molar-refractivity contribution in [3.05, 3.63) is 42.0 Å². The molecule has 1 N–H and O–H groups in total. The van der Waals surface area contributed by atoms with E-state index in [1.165, 1.54) is 18.2 Å². The summed E-state index contributed by atoms with van der Waals surface area (Å²) >= 11 is 0. The fourth-order valence-electron chi connectivity index (χ4n) is 3.77. The molecule has 11 heteroatoms. The Kier molecular flexibility index (Phi) is 7.26. The van der Waals surface area contributed by atoms with Crippen LogP contribution in [0.4, 0.5) is 13.2 Å². The SMILES string of the molecule is O=C1C[C@@H]2[C@H](/C=C/[C@@H](O)COc3cccc(C(F)(F)F)c3)[C@H](OB(P)P)C[C@@H]2O1. The zero-order valence-electron chi connectivity index (χ0n) is 15.4. The highest BCUT2D eigenvalue weighted by atomic mass is 31.1. The normalized spacial score (nSPS) is 27.7. The van der Waals surface area contributed by atoms with Crippen LogP contribution in [0, 0.1) is 11.8 Å². The Balaban J connectivity index is 1.60. The lowest BCUT2D eigenvalue weighted by Crippen LogP contribution is -2.25. The standard InChI is InChI=1S/C18H22BF3O5P2/c20-18(21,22)10-2-1-3-12(6-10)25-9-11(23)4-5-13-14-7-17(24)26-15(14)8-16(13)27-19(28)29/h1-6,11,13-16,23H,7-9,28-29H2/b5-4+/t11-,13+,14-,15+,16-/m1/s1. The Morgan fingerprint density at radius 2 is 2.14 bits per heavy atom. The Morgan fingerprint density at radius 1 is 1.38 bits per heavy atom. The summed E-state index contributed by atoms with van der Waals surface area (Å²) in [5.41, 5.74) is -0.813. The van der Waals surface area contributed by atoms with E-state index in [1.807, 2.05) is 0 Å². The zero-order chi connectivity index (χ0) is 21.2. The summed E-state index contributed by atoms with van der Waals surface area (Å²) in [6.07, 6.45) is -1.80. The lowest BCUT2D eigenvalue weighted by atomic mass is 9.91. The predicted octanol–water partition coefficient (Wildman–Crippen LogP) is 3.07. The van der Waals surface area contributed by atoms with Gasteiger partial charge in [-0.15, -0.1) is 18.2 Å². The van der Waals surface area contributed by atoms with E-state index in [0.717, 1.165) is 12.1 Å². The minimum Gasteiger partial charge on any atom is -0.491 e. The summed E-state index contributed by atoms with van der Waals surface area (Å²) in [5.74, 6) is -0.344. The van der Waals surface area contributed by atoms with Gasteiger partial charge >= 0.3 is 18.5 Å². The summed E-state index contributed by atoms with van der Waals surface area (Å²) in [7, 11) is 5.05. The minimum atomic E-state index is -4.46. The molecule has 2 fully saturated rings.